The third kappa shape index (κ3) is 6.14. The molecule has 0 unspecified atom stereocenters. The number of hydrogen-bond acceptors (Lipinski definition) is 5. The van der Waals surface area contributed by atoms with Crippen LogP contribution in [-0.4, -0.2) is 50.2 Å². The first-order chi connectivity index (χ1) is 15.8. The maximum atomic E-state index is 12.1. The van der Waals surface area contributed by atoms with Crippen LogP contribution in [0.2, 0.25) is 5.04 Å². The summed E-state index contributed by atoms with van der Waals surface area (Å²) in [6, 6.07) is 25.9. The van der Waals surface area contributed by atoms with E-state index in [1.54, 1.807) is 24.4 Å². The molecule has 0 saturated heterocycles. The monoisotopic (exact) mass is 464 g/mol. The van der Waals surface area contributed by atoms with Crippen LogP contribution in [0.4, 0.5) is 5.82 Å². The van der Waals surface area contributed by atoms with Gasteiger partial charge in [0.25, 0.3) is 14.2 Å². The van der Waals surface area contributed by atoms with Crippen molar-refractivity contribution < 1.29 is 19.1 Å². The lowest BCUT2D eigenvalue weighted by molar-refractivity contribution is -0.127. The van der Waals surface area contributed by atoms with Gasteiger partial charge < -0.3 is 19.6 Å². The van der Waals surface area contributed by atoms with E-state index < -0.39 is 20.3 Å². The van der Waals surface area contributed by atoms with Crippen LogP contribution in [0.25, 0.3) is 0 Å². The minimum atomic E-state index is -2.63. The Balaban J connectivity index is 1.64. The SMILES string of the molecule is CC(C)(C)[Si](OCCOC[C@H](O)C(=O)Nc1ccccn1)(c1ccccc1)c1ccccc1. The van der Waals surface area contributed by atoms with E-state index in [4.69, 9.17) is 9.16 Å². The molecule has 174 valence electrons. The van der Waals surface area contributed by atoms with E-state index in [-0.39, 0.29) is 18.3 Å². The van der Waals surface area contributed by atoms with Gasteiger partial charge in [0.1, 0.15) is 5.82 Å². The lowest BCUT2D eigenvalue weighted by Crippen LogP contribution is -2.66. The van der Waals surface area contributed by atoms with Gasteiger partial charge in [-0.3, -0.25) is 4.79 Å². The van der Waals surface area contributed by atoms with Crippen molar-refractivity contribution in [2.45, 2.75) is 31.9 Å². The molecule has 0 aliphatic heterocycles. The van der Waals surface area contributed by atoms with E-state index in [9.17, 15) is 9.90 Å². The van der Waals surface area contributed by atoms with Gasteiger partial charge in [-0.05, 0) is 27.5 Å². The summed E-state index contributed by atoms with van der Waals surface area (Å²) >= 11 is 0. The number of pyridine rings is 1. The van der Waals surface area contributed by atoms with Crippen molar-refractivity contribution >= 4 is 30.4 Å². The Morgan fingerprint density at radius 1 is 0.939 bits per heavy atom. The van der Waals surface area contributed by atoms with E-state index in [0.717, 1.165) is 0 Å². The third-order valence-electron chi connectivity index (χ3n) is 5.46. The standard InChI is InChI=1S/C26H32N2O4Si/c1-26(2,3)33(21-12-6-4-7-13-21,22-14-8-5-9-15-22)32-19-18-31-20-23(29)25(30)28-24-16-10-11-17-27-24/h4-17,23,29H,18-20H2,1-3H3,(H,27,28,30)/t23-/m0/s1. The predicted octanol–water partition coefficient (Wildman–Crippen LogP) is 2.97. The maximum absolute atomic E-state index is 12.1. The predicted molar refractivity (Wildman–Crippen MR) is 133 cm³/mol. The summed E-state index contributed by atoms with van der Waals surface area (Å²) in [4.78, 5) is 16.2. The zero-order chi connectivity index (χ0) is 23.7. The van der Waals surface area contributed by atoms with E-state index in [0.29, 0.717) is 12.4 Å². The number of ether oxygens (including phenoxy) is 1. The topological polar surface area (TPSA) is 80.7 Å². The summed E-state index contributed by atoms with van der Waals surface area (Å²) in [5.41, 5.74) is 0. The summed E-state index contributed by atoms with van der Waals surface area (Å²) in [7, 11) is -2.63. The number of aliphatic hydroxyl groups is 1. The highest BCUT2D eigenvalue weighted by atomic mass is 28.4. The molecule has 0 saturated carbocycles. The van der Waals surface area contributed by atoms with Crippen molar-refractivity contribution in [1.29, 1.82) is 0 Å². The molecule has 2 N–H and O–H groups in total. The zero-order valence-corrected chi connectivity index (χ0v) is 20.4. The molecule has 7 heteroatoms. The lowest BCUT2D eigenvalue weighted by atomic mass is 10.2. The first-order valence-corrected chi connectivity index (χ1v) is 13.0. The third-order valence-corrected chi connectivity index (χ3v) is 10.5. The van der Waals surface area contributed by atoms with Crippen molar-refractivity contribution in [1.82, 2.24) is 4.98 Å². The van der Waals surface area contributed by atoms with Gasteiger partial charge in [-0.2, -0.15) is 0 Å². The molecular weight excluding hydrogens is 432 g/mol. The molecule has 0 radical (unpaired) electrons. The number of nitrogens with one attached hydrogen (secondary N) is 1. The smallest absolute Gasteiger partial charge is 0.261 e. The maximum Gasteiger partial charge on any atom is 0.261 e. The fraction of sp³-hybridized carbons (Fsp3) is 0.308. The molecule has 0 aliphatic carbocycles. The quantitative estimate of drug-likeness (QED) is 0.356. The summed E-state index contributed by atoms with van der Waals surface area (Å²) in [5, 5.41) is 15.0. The summed E-state index contributed by atoms with van der Waals surface area (Å²) < 4.78 is 12.3. The van der Waals surface area contributed by atoms with E-state index in [1.165, 1.54) is 10.4 Å². The molecule has 6 nitrogen and oxygen atoms in total. The summed E-state index contributed by atoms with van der Waals surface area (Å²) in [6.45, 7) is 7.13. The fourth-order valence-electron chi connectivity index (χ4n) is 3.93. The molecular formula is C26H32N2O4Si. The van der Waals surface area contributed by atoms with Gasteiger partial charge in [0.15, 0.2) is 6.10 Å². The Morgan fingerprint density at radius 3 is 2.03 bits per heavy atom. The Morgan fingerprint density at radius 2 is 1.52 bits per heavy atom. The largest absolute Gasteiger partial charge is 0.405 e. The molecule has 3 rings (SSSR count). The number of hydrogen-bond donors (Lipinski definition) is 2. The fourth-order valence-corrected chi connectivity index (χ4v) is 8.48. The van der Waals surface area contributed by atoms with Crippen LogP contribution in [0.1, 0.15) is 20.8 Å². The Kier molecular flexibility index (Phi) is 8.52. The van der Waals surface area contributed by atoms with Gasteiger partial charge in [-0.25, -0.2) is 4.98 Å². The molecule has 33 heavy (non-hydrogen) atoms. The van der Waals surface area contributed by atoms with Crippen LogP contribution in [0, 0.1) is 0 Å². The Labute approximate surface area is 196 Å². The van der Waals surface area contributed by atoms with Gasteiger partial charge >= 0.3 is 0 Å². The van der Waals surface area contributed by atoms with Gasteiger partial charge in [0.2, 0.25) is 0 Å². The number of anilines is 1. The van der Waals surface area contributed by atoms with Gasteiger partial charge in [0, 0.05) is 6.20 Å². The summed E-state index contributed by atoms with van der Waals surface area (Å²) in [5.74, 6) is -0.168. The van der Waals surface area contributed by atoms with Crippen molar-refractivity contribution in [2.24, 2.45) is 0 Å². The number of carbonyl (C=O) groups excluding carboxylic acids is 1. The van der Waals surface area contributed by atoms with Crippen molar-refractivity contribution in [3.05, 3.63) is 85.1 Å². The summed E-state index contributed by atoms with van der Waals surface area (Å²) in [6.07, 6.45) is 0.278. The minimum absolute atomic E-state index is 0.122. The number of amides is 1. The second-order valence-electron chi connectivity index (χ2n) is 8.81. The molecule has 1 amide bonds. The van der Waals surface area contributed by atoms with E-state index >= 15 is 0 Å². The van der Waals surface area contributed by atoms with E-state index in [2.05, 4.69) is 55.3 Å². The first-order valence-electron chi connectivity index (χ1n) is 11.1. The molecule has 0 bridgehead atoms. The molecule has 0 aliphatic rings. The second kappa shape index (κ2) is 11.3. The van der Waals surface area contributed by atoms with Crippen LogP contribution >= 0.6 is 0 Å². The molecule has 0 spiro atoms. The minimum Gasteiger partial charge on any atom is -0.405 e. The first kappa shape index (κ1) is 24.8. The number of rotatable bonds is 10. The number of aliphatic hydroxyl groups excluding tert-OH is 1. The van der Waals surface area contributed by atoms with Crippen LogP contribution in [-0.2, 0) is 14.0 Å². The van der Waals surface area contributed by atoms with Crippen molar-refractivity contribution in [3.63, 3.8) is 0 Å². The molecule has 1 aromatic heterocycles. The van der Waals surface area contributed by atoms with Gasteiger partial charge in [0.05, 0.1) is 19.8 Å². The van der Waals surface area contributed by atoms with Crippen LogP contribution in [0.3, 0.4) is 0 Å². The van der Waals surface area contributed by atoms with E-state index in [1.807, 2.05) is 36.4 Å². The highest BCUT2D eigenvalue weighted by Crippen LogP contribution is 2.36. The second-order valence-corrected chi connectivity index (χ2v) is 13.1. The average molecular weight is 465 g/mol. The number of aromatic nitrogens is 1. The Bertz CT molecular complexity index is 956. The van der Waals surface area contributed by atoms with Crippen LogP contribution in [0.15, 0.2) is 85.1 Å². The molecule has 0 fully saturated rings. The van der Waals surface area contributed by atoms with Gasteiger partial charge in [-0.1, -0.05) is 87.5 Å². The normalized spacial score (nSPS) is 12.8. The van der Waals surface area contributed by atoms with Crippen molar-refractivity contribution in [2.75, 3.05) is 25.1 Å². The zero-order valence-electron chi connectivity index (χ0n) is 19.4. The molecule has 1 atom stereocenters. The lowest BCUT2D eigenvalue weighted by Gasteiger charge is -2.43. The number of benzene rings is 2. The number of nitrogens with zero attached hydrogens (tertiary/aromatic N) is 1. The number of carbonyl (C=O) groups is 1. The van der Waals surface area contributed by atoms with Crippen molar-refractivity contribution in [3.8, 4) is 0 Å². The van der Waals surface area contributed by atoms with Gasteiger partial charge in [-0.15, -0.1) is 0 Å². The highest BCUT2D eigenvalue weighted by Gasteiger charge is 2.50. The van der Waals surface area contributed by atoms with Crippen LogP contribution < -0.4 is 15.7 Å². The average Bonchev–Trinajstić information content (AvgIpc) is 2.82. The molecule has 3 aromatic rings. The molecule has 1 heterocycles. The Hall–Kier alpha value is -2.84. The molecule has 2 aromatic carbocycles. The van der Waals surface area contributed by atoms with Crippen LogP contribution in [0.5, 0.6) is 0 Å². The highest BCUT2D eigenvalue weighted by molar-refractivity contribution is 6.99.